The summed E-state index contributed by atoms with van der Waals surface area (Å²) in [7, 11) is 1.54. The minimum Gasteiger partial charge on any atom is -0.493 e. The minimum absolute atomic E-state index is 0.296. The Morgan fingerprint density at radius 3 is 2.65 bits per heavy atom. The predicted octanol–water partition coefficient (Wildman–Crippen LogP) is 3.99. The van der Waals surface area contributed by atoms with Crippen LogP contribution in [-0.4, -0.2) is 27.0 Å². The molecule has 6 nitrogen and oxygen atoms in total. The Kier molecular flexibility index (Phi) is 4.10. The number of aromatic nitrogens is 4. The molecule has 0 spiro atoms. The molecule has 130 valence electrons. The average Bonchev–Trinajstić information content (AvgIpc) is 3.32. The quantitative estimate of drug-likeness (QED) is 0.569. The van der Waals surface area contributed by atoms with Gasteiger partial charge in [-0.1, -0.05) is 0 Å². The van der Waals surface area contributed by atoms with Crippen molar-refractivity contribution < 1.29 is 9.13 Å². The molecule has 0 aliphatic heterocycles. The number of H-pyrrole nitrogens is 1. The Morgan fingerprint density at radius 1 is 1.15 bits per heavy atom. The van der Waals surface area contributed by atoms with Crippen molar-refractivity contribution in [1.29, 1.82) is 0 Å². The third-order valence-electron chi connectivity index (χ3n) is 3.88. The highest BCUT2D eigenvalue weighted by atomic mass is 32.1. The van der Waals surface area contributed by atoms with Crippen LogP contribution in [0, 0.1) is 5.82 Å². The Hall–Kier alpha value is -3.26. The zero-order chi connectivity index (χ0) is 18.1. The van der Waals surface area contributed by atoms with Crippen LogP contribution in [0.25, 0.3) is 33.2 Å². The van der Waals surface area contributed by atoms with Crippen molar-refractivity contribution in [3.05, 3.63) is 54.1 Å². The van der Waals surface area contributed by atoms with Crippen LogP contribution in [0.1, 0.15) is 0 Å². The first-order chi connectivity index (χ1) is 12.7. The van der Waals surface area contributed by atoms with Crippen LogP contribution in [0.15, 0.2) is 48.2 Å². The second kappa shape index (κ2) is 6.57. The van der Waals surface area contributed by atoms with Gasteiger partial charge in [-0.15, -0.1) is 11.3 Å². The van der Waals surface area contributed by atoms with Gasteiger partial charge in [-0.3, -0.25) is 4.98 Å². The largest absolute Gasteiger partial charge is 0.493 e. The number of imidazole rings is 1. The van der Waals surface area contributed by atoms with Crippen LogP contribution >= 0.6 is 11.3 Å². The van der Waals surface area contributed by atoms with Crippen molar-refractivity contribution in [3.8, 4) is 39.0 Å². The molecule has 0 radical (unpaired) electrons. The van der Waals surface area contributed by atoms with E-state index >= 15 is 0 Å². The first kappa shape index (κ1) is 16.2. The summed E-state index contributed by atoms with van der Waals surface area (Å²) >= 11 is 1.49. The van der Waals surface area contributed by atoms with Crippen molar-refractivity contribution in [2.45, 2.75) is 0 Å². The highest BCUT2D eigenvalue weighted by Crippen LogP contribution is 2.36. The number of methoxy groups -OCH3 is 1. The number of nitrogens with two attached hydrogens (primary N) is 1. The fraction of sp³-hybridized carbons (Fsp3) is 0.0556. The van der Waals surface area contributed by atoms with Crippen molar-refractivity contribution in [2.24, 2.45) is 0 Å². The minimum atomic E-state index is -0.296. The fourth-order valence-electron chi connectivity index (χ4n) is 2.59. The highest BCUT2D eigenvalue weighted by molar-refractivity contribution is 7.13. The van der Waals surface area contributed by atoms with Gasteiger partial charge in [0.2, 0.25) is 0 Å². The van der Waals surface area contributed by atoms with Crippen LogP contribution in [0.4, 0.5) is 10.2 Å². The number of hydrogen-bond donors (Lipinski definition) is 2. The van der Waals surface area contributed by atoms with Crippen LogP contribution in [0.5, 0.6) is 5.75 Å². The number of halogens is 1. The van der Waals surface area contributed by atoms with E-state index in [9.17, 15) is 4.39 Å². The van der Waals surface area contributed by atoms with Crippen molar-refractivity contribution in [3.63, 3.8) is 0 Å². The summed E-state index contributed by atoms with van der Waals surface area (Å²) in [5, 5.41) is 0. The summed E-state index contributed by atoms with van der Waals surface area (Å²) in [6, 6.07) is 7.94. The van der Waals surface area contributed by atoms with Gasteiger partial charge in [0.1, 0.15) is 11.6 Å². The van der Waals surface area contributed by atoms with Crippen LogP contribution in [-0.2, 0) is 0 Å². The summed E-state index contributed by atoms with van der Waals surface area (Å²) in [6.07, 6.45) is 3.41. The number of pyridine rings is 1. The molecule has 0 aliphatic rings. The molecule has 0 amide bonds. The number of hydrogen-bond acceptors (Lipinski definition) is 6. The SMILES string of the molecule is COc1cc(-c2nc(-c3ccc(F)cc3)[nH]c2-c2cncs2)cnc1N. The molecule has 0 unspecified atom stereocenters. The molecule has 8 heteroatoms. The summed E-state index contributed by atoms with van der Waals surface area (Å²) in [5.41, 5.74) is 10.6. The van der Waals surface area contributed by atoms with Gasteiger partial charge in [0.25, 0.3) is 0 Å². The van der Waals surface area contributed by atoms with Gasteiger partial charge in [0.05, 0.1) is 28.9 Å². The van der Waals surface area contributed by atoms with E-state index in [0.717, 1.165) is 21.7 Å². The molecule has 0 saturated heterocycles. The van der Waals surface area contributed by atoms with Crippen LogP contribution in [0.2, 0.25) is 0 Å². The molecule has 4 aromatic rings. The zero-order valence-corrected chi connectivity index (χ0v) is 14.5. The molecule has 0 bridgehead atoms. The maximum atomic E-state index is 13.2. The molecule has 1 aromatic carbocycles. The number of nitrogens with one attached hydrogen (secondary N) is 1. The molecule has 3 heterocycles. The van der Waals surface area contributed by atoms with Crippen LogP contribution < -0.4 is 10.5 Å². The topological polar surface area (TPSA) is 89.7 Å². The molecular formula is C18H14FN5OS. The normalized spacial score (nSPS) is 10.8. The molecule has 3 N–H and O–H groups in total. The third-order valence-corrected chi connectivity index (χ3v) is 4.67. The van der Waals surface area contributed by atoms with Crippen molar-refractivity contribution in [1.82, 2.24) is 19.9 Å². The average molecular weight is 367 g/mol. The maximum Gasteiger partial charge on any atom is 0.166 e. The number of benzene rings is 1. The Morgan fingerprint density at radius 2 is 1.96 bits per heavy atom. The van der Waals surface area contributed by atoms with Crippen LogP contribution in [0.3, 0.4) is 0 Å². The number of aromatic amines is 1. The van der Waals surface area contributed by atoms with E-state index in [0.29, 0.717) is 23.1 Å². The number of anilines is 1. The molecule has 0 fully saturated rings. The standard InChI is InChI=1S/C18H14FN5OS/c1-25-13-6-11(7-22-17(13)20)15-16(14-8-21-9-26-14)24-18(23-15)10-2-4-12(19)5-3-10/h2-9H,1H3,(H2,20,22)(H,23,24). The van der Waals surface area contributed by atoms with Crippen molar-refractivity contribution >= 4 is 17.2 Å². The van der Waals surface area contributed by atoms with Gasteiger partial charge in [-0.2, -0.15) is 0 Å². The van der Waals surface area contributed by atoms with Gasteiger partial charge < -0.3 is 15.5 Å². The van der Waals surface area contributed by atoms with E-state index in [2.05, 4.69) is 15.0 Å². The number of rotatable bonds is 4. The van der Waals surface area contributed by atoms with Gasteiger partial charge in [-0.25, -0.2) is 14.4 Å². The Bertz CT molecular complexity index is 1040. The first-order valence-corrected chi connectivity index (χ1v) is 8.58. The zero-order valence-electron chi connectivity index (χ0n) is 13.7. The van der Waals surface area contributed by atoms with E-state index < -0.39 is 0 Å². The molecule has 0 aliphatic carbocycles. The lowest BCUT2D eigenvalue weighted by atomic mass is 10.1. The predicted molar refractivity (Wildman–Crippen MR) is 99.3 cm³/mol. The molecule has 0 saturated carbocycles. The second-order valence-corrected chi connectivity index (χ2v) is 6.38. The monoisotopic (exact) mass is 367 g/mol. The summed E-state index contributed by atoms with van der Waals surface area (Å²) in [4.78, 5) is 17.3. The van der Waals surface area contributed by atoms with E-state index in [1.807, 2.05) is 0 Å². The van der Waals surface area contributed by atoms with Gasteiger partial charge in [-0.05, 0) is 30.3 Å². The van der Waals surface area contributed by atoms with E-state index in [-0.39, 0.29) is 5.82 Å². The number of thiazole rings is 1. The fourth-order valence-corrected chi connectivity index (χ4v) is 3.21. The first-order valence-electron chi connectivity index (χ1n) is 7.70. The lowest BCUT2D eigenvalue weighted by Gasteiger charge is -2.06. The van der Waals surface area contributed by atoms with Crippen molar-refractivity contribution in [2.75, 3.05) is 12.8 Å². The van der Waals surface area contributed by atoms with E-state index in [1.165, 1.54) is 30.6 Å². The molecule has 26 heavy (non-hydrogen) atoms. The molecule has 4 rings (SSSR count). The van der Waals surface area contributed by atoms with Gasteiger partial charge >= 0.3 is 0 Å². The molecule has 0 atom stereocenters. The molecular weight excluding hydrogens is 353 g/mol. The lowest BCUT2D eigenvalue weighted by Crippen LogP contribution is -1.96. The maximum absolute atomic E-state index is 13.2. The van der Waals surface area contributed by atoms with E-state index in [1.54, 1.807) is 36.1 Å². The number of nitrogens with zero attached hydrogens (tertiary/aromatic N) is 3. The highest BCUT2D eigenvalue weighted by Gasteiger charge is 2.18. The summed E-state index contributed by atoms with van der Waals surface area (Å²) < 4.78 is 18.5. The smallest absolute Gasteiger partial charge is 0.166 e. The number of ether oxygens (including phenoxy) is 1. The van der Waals surface area contributed by atoms with Gasteiger partial charge in [0.15, 0.2) is 11.6 Å². The Labute approximate surface area is 152 Å². The summed E-state index contributed by atoms with van der Waals surface area (Å²) in [6.45, 7) is 0. The Balaban J connectivity index is 1.89. The molecule has 3 aromatic heterocycles. The second-order valence-electron chi connectivity index (χ2n) is 5.49. The lowest BCUT2D eigenvalue weighted by molar-refractivity contribution is 0.415. The van der Waals surface area contributed by atoms with Gasteiger partial charge in [0, 0.05) is 23.5 Å². The number of nitrogen functional groups attached to an aromatic ring is 1. The third kappa shape index (κ3) is 2.91. The van der Waals surface area contributed by atoms with E-state index in [4.69, 9.17) is 15.5 Å². The summed E-state index contributed by atoms with van der Waals surface area (Å²) in [5.74, 6) is 1.11.